The summed E-state index contributed by atoms with van der Waals surface area (Å²) in [6.45, 7) is 4.30. The van der Waals surface area contributed by atoms with E-state index in [0.717, 1.165) is 16.5 Å². The number of hydrogen-bond acceptors (Lipinski definition) is 5. The summed E-state index contributed by atoms with van der Waals surface area (Å²) in [5.74, 6) is 0.510. The first-order valence-electron chi connectivity index (χ1n) is 7.08. The molecule has 1 aromatic heterocycles. The number of thioether (sulfide) groups is 1. The molecule has 124 valence electrons. The van der Waals surface area contributed by atoms with Crippen molar-refractivity contribution < 1.29 is 9.15 Å². The second kappa shape index (κ2) is 7.86. The Labute approximate surface area is 143 Å². The van der Waals surface area contributed by atoms with Gasteiger partial charge in [0.05, 0.1) is 12.6 Å². The lowest BCUT2D eigenvalue weighted by atomic mass is 10.1. The third-order valence-electron chi connectivity index (χ3n) is 3.24. The van der Waals surface area contributed by atoms with Crippen LogP contribution in [0.4, 0.5) is 0 Å². The number of fused-ring (bicyclic) bond motifs is 1. The molecule has 0 radical (unpaired) electrons. The summed E-state index contributed by atoms with van der Waals surface area (Å²) in [5, 5.41) is 1.90. The average Bonchev–Trinajstić information content (AvgIpc) is 2.47. The highest BCUT2D eigenvalue weighted by Crippen LogP contribution is 2.27. The number of methoxy groups -OCH3 is 1. The van der Waals surface area contributed by atoms with Gasteiger partial charge in [-0.25, -0.2) is 4.79 Å². The van der Waals surface area contributed by atoms with Gasteiger partial charge in [-0.1, -0.05) is 23.4 Å². The summed E-state index contributed by atoms with van der Waals surface area (Å²) in [6.07, 6.45) is 0. The number of rotatable bonds is 5. The molecule has 7 heteroatoms. The summed E-state index contributed by atoms with van der Waals surface area (Å²) in [6, 6.07) is 5.03. The third-order valence-corrected chi connectivity index (χ3v) is 4.50. The number of ether oxygens (including phenoxy) is 1. The van der Waals surface area contributed by atoms with E-state index in [0.29, 0.717) is 28.1 Å². The minimum absolute atomic E-state index is 0.0119. The zero-order valence-corrected chi connectivity index (χ0v) is 14.8. The Hall–Kier alpha value is -1.50. The lowest BCUT2D eigenvalue weighted by molar-refractivity contribution is 0.186. The third kappa shape index (κ3) is 4.73. The van der Waals surface area contributed by atoms with E-state index in [2.05, 4.69) is 4.99 Å². The molecule has 1 aromatic carbocycles. The van der Waals surface area contributed by atoms with Gasteiger partial charge in [-0.3, -0.25) is 4.99 Å². The highest BCUT2D eigenvalue weighted by Gasteiger charge is 2.10. The number of halogens is 1. The van der Waals surface area contributed by atoms with Crippen LogP contribution in [0.2, 0.25) is 5.02 Å². The molecule has 0 amide bonds. The first-order chi connectivity index (χ1) is 10.9. The number of aliphatic imine (C=N–C) groups is 1. The monoisotopic (exact) mass is 354 g/mol. The average molecular weight is 355 g/mol. The zero-order valence-electron chi connectivity index (χ0n) is 13.3. The number of amidine groups is 1. The molecule has 0 unspecified atom stereocenters. The molecule has 2 N–H and O–H groups in total. The van der Waals surface area contributed by atoms with Crippen LogP contribution < -0.4 is 11.4 Å². The second-order valence-corrected chi connectivity index (χ2v) is 6.65. The molecule has 23 heavy (non-hydrogen) atoms. The predicted octanol–water partition coefficient (Wildman–Crippen LogP) is 3.34. The summed E-state index contributed by atoms with van der Waals surface area (Å²) in [7, 11) is 1.62. The van der Waals surface area contributed by atoms with E-state index in [1.165, 1.54) is 17.8 Å². The van der Waals surface area contributed by atoms with Crippen molar-refractivity contribution in [3.63, 3.8) is 0 Å². The maximum absolute atomic E-state index is 11.7. The van der Waals surface area contributed by atoms with Crippen LogP contribution in [0.15, 0.2) is 32.4 Å². The van der Waals surface area contributed by atoms with Crippen LogP contribution in [-0.4, -0.2) is 24.9 Å². The molecule has 0 aliphatic heterocycles. The van der Waals surface area contributed by atoms with Crippen LogP contribution in [0.1, 0.15) is 18.1 Å². The molecule has 1 atom stereocenters. The van der Waals surface area contributed by atoms with Crippen molar-refractivity contribution in [1.29, 1.82) is 0 Å². The van der Waals surface area contributed by atoms with E-state index in [1.807, 2.05) is 19.9 Å². The van der Waals surface area contributed by atoms with Crippen LogP contribution in [0.5, 0.6) is 0 Å². The molecule has 2 rings (SSSR count). The standard InChI is InChI=1S/C16H19ClN2O3S/c1-9-4-14-12(6-13(9)17)11(5-15(20)22-14)8-23-16(18)19-10(2)7-21-3/h4-6,10H,7-8H2,1-3H3,(H2,18,19)/t10-/m0/s1. The molecule has 0 saturated carbocycles. The molecule has 5 nitrogen and oxygen atoms in total. The largest absolute Gasteiger partial charge is 0.423 e. The van der Waals surface area contributed by atoms with Gasteiger partial charge >= 0.3 is 5.63 Å². The Morgan fingerprint density at radius 3 is 2.91 bits per heavy atom. The number of aryl methyl sites for hydroxylation is 1. The van der Waals surface area contributed by atoms with Crippen LogP contribution in [0.3, 0.4) is 0 Å². The number of nitrogens with two attached hydrogens (primary N) is 1. The van der Waals surface area contributed by atoms with Gasteiger partial charge in [0.1, 0.15) is 5.58 Å². The first kappa shape index (κ1) is 17.8. The molecular formula is C16H19ClN2O3S. The summed E-state index contributed by atoms with van der Waals surface area (Å²) >= 11 is 7.54. The molecule has 1 heterocycles. The lowest BCUT2D eigenvalue weighted by Gasteiger charge is -2.09. The zero-order chi connectivity index (χ0) is 17.0. The normalized spacial score (nSPS) is 13.5. The SMILES string of the molecule is COC[C@H](C)N=C(N)SCc1cc(=O)oc2cc(C)c(Cl)cc12. The van der Waals surface area contributed by atoms with Gasteiger partial charge in [-0.2, -0.15) is 0 Å². The topological polar surface area (TPSA) is 77.8 Å². The summed E-state index contributed by atoms with van der Waals surface area (Å²) in [4.78, 5) is 16.0. The summed E-state index contributed by atoms with van der Waals surface area (Å²) in [5.41, 5.74) is 7.74. The Balaban J connectivity index is 2.26. The van der Waals surface area contributed by atoms with Crippen molar-refractivity contribution in [3.05, 3.63) is 44.8 Å². The van der Waals surface area contributed by atoms with Crippen molar-refractivity contribution in [1.82, 2.24) is 0 Å². The molecule has 0 aliphatic rings. The maximum atomic E-state index is 11.7. The van der Waals surface area contributed by atoms with Crippen molar-refractivity contribution >= 4 is 39.5 Å². The van der Waals surface area contributed by atoms with Gasteiger partial charge in [0, 0.05) is 29.3 Å². The molecule has 0 saturated heterocycles. The molecule has 0 spiro atoms. The van der Waals surface area contributed by atoms with E-state index in [1.54, 1.807) is 13.2 Å². The fraction of sp³-hybridized carbons (Fsp3) is 0.375. The highest BCUT2D eigenvalue weighted by molar-refractivity contribution is 8.13. The van der Waals surface area contributed by atoms with Crippen LogP contribution >= 0.6 is 23.4 Å². The molecule has 0 aliphatic carbocycles. The lowest BCUT2D eigenvalue weighted by Crippen LogP contribution is -2.15. The Bertz CT molecular complexity index is 789. The van der Waals surface area contributed by atoms with Gasteiger partial charge < -0.3 is 14.9 Å². The van der Waals surface area contributed by atoms with Crippen molar-refractivity contribution in [2.45, 2.75) is 25.6 Å². The predicted molar refractivity (Wildman–Crippen MR) is 96.5 cm³/mol. The molecular weight excluding hydrogens is 336 g/mol. The van der Waals surface area contributed by atoms with E-state index < -0.39 is 5.63 Å². The van der Waals surface area contributed by atoms with Gasteiger partial charge in [-0.05, 0) is 37.1 Å². The molecule has 0 bridgehead atoms. The minimum Gasteiger partial charge on any atom is -0.423 e. The van der Waals surface area contributed by atoms with E-state index in [4.69, 9.17) is 26.5 Å². The summed E-state index contributed by atoms with van der Waals surface area (Å²) < 4.78 is 10.3. The van der Waals surface area contributed by atoms with Gasteiger partial charge in [0.25, 0.3) is 0 Å². The van der Waals surface area contributed by atoms with Crippen LogP contribution in [0.25, 0.3) is 11.0 Å². The Morgan fingerprint density at radius 1 is 1.48 bits per heavy atom. The second-order valence-electron chi connectivity index (χ2n) is 5.25. The quantitative estimate of drug-likeness (QED) is 0.506. The minimum atomic E-state index is -0.391. The Kier molecular flexibility index (Phi) is 6.10. The number of hydrogen-bond donors (Lipinski definition) is 1. The molecule has 0 fully saturated rings. The van der Waals surface area contributed by atoms with Crippen molar-refractivity contribution in [2.24, 2.45) is 10.7 Å². The Morgan fingerprint density at radius 2 is 2.22 bits per heavy atom. The first-order valence-corrected chi connectivity index (χ1v) is 8.45. The number of nitrogens with zero attached hydrogens (tertiary/aromatic N) is 1. The van der Waals surface area contributed by atoms with Crippen molar-refractivity contribution in [3.8, 4) is 0 Å². The molecule has 2 aromatic rings. The van der Waals surface area contributed by atoms with Crippen LogP contribution in [0, 0.1) is 6.92 Å². The van der Waals surface area contributed by atoms with Gasteiger partial charge in [0.15, 0.2) is 5.17 Å². The van der Waals surface area contributed by atoms with E-state index >= 15 is 0 Å². The van der Waals surface area contributed by atoms with E-state index in [-0.39, 0.29) is 6.04 Å². The smallest absolute Gasteiger partial charge is 0.336 e. The van der Waals surface area contributed by atoms with Crippen LogP contribution in [-0.2, 0) is 10.5 Å². The fourth-order valence-corrected chi connectivity index (χ4v) is 3.11. The fourth-order valence-electron chi connectivity index (χ4n) is 2.15. The van der Waals surface area contributed by atoms with Gasteiger partial charge in [-0.15, -0.1) is 0 Å². The van der Waals surface area contributed by atoms with E-state index in [9.17, 15) is 4.79 Å². The maximum Gasteiger partial charge on any atom is 0.336 e. The van der Waals surface area contributed by atoms with Gasteiger partial charge in [0.2, 0.25) is 0 Å². The van der Waals surface area contributed by atoms with Crippen molar-refractivity contribution in [2.75, 3.05) is 13.7 Å². The number of benzene rings is 1. The highest BCUT2D eigenvalue weighted by atomic mass is 35.5.